The van der Waals surface area contributed by atoms with Crippen LogP contribution < -0.4 is 15.4 Å². The molecular formula is C19H15FN4O3. The van der Waals surface area contributed by atoms with Crippen molar-refractivity contribution in [3.8, 4) is 5.75 Å². The number of ether oxygens (including phenoxy) is 1. The second-order valence-electron chi connectivity index (χ2n) is 6.01. The van der Waals surface area contributed by atoms with E-state index in [1.165, 1.54) is 24.3 Å². The topological polar surface area (TPSA) is 96.1 Å². The second kappa shape index (κ2) is 6.91. The quantitative estimate of drug-likeness (QED) is 0.647. The number of carbonyl (C=O) groups is 2. The standard InChI is InChI=1S/C19H15FN4O3/c20-11-6-7-15-14(8-11)17(19(26)21-15)22-18(25)16-9-12(23-24-16)10-27-13-4-2-1-3-5-13/h1-9,17H,10H2,(H,21,26)(H,22,25)(H,23,24). The number of para-hydroxylation sites is 1. The Kier molecular flexibility index (Phi) is 4.29. The molecule has 7 nitrogen and oxygen atoms in total. The molecule has 136 valence electrons. The summed E-state index contributed by atoms with van der Waals surface area (Å²) in [4.78, 5) is 24.5. The fraction of sp³-hybridized carbons (Fsp3) is 0.105. The number of H-pyrrole nitrogens is 1. The molecular weight excluding hydrogens is 351 g/mol. The van der Waals surface area contributed by atoms with E-state index < -0.39 is 23.7 Å². The van der Waals surface area contributed by atoms with Crippen LogP contribution in [0.15, 0.2) is 54.6 Å². The Labute approximate surface area is 153 Å². The summed E-state index contributed by atoms with van der Waals surface area (Å²) in [6.07, 6.45) is 0. The molecule has 27 heavy (non-hydrogen) atoms. The van der Waals surface area contributed by atoms with Crippen molar-refractivity contribution in [1.29, 1.82) is 0 Å². The van der Waals surface area contributed by atoms with Crippen LogP contribution >= 0.6 is 0 Å². The molecule has 3 aromatic rings. The van der Waals surface area contributed by atoms with Crippen LogP contribution in [0.25, 0.3) is 0 Å². The number of hydrogen-bond acceptors (Lipinski definition) is 4. The van der Waals surface area contributed by atoms with Crippen molar-refractivity contribution in [3.63, 3.8) is 0 Å². The average Bonchev–Trinajstić information content (AvgIpc) is 3.26. The monoisotopic (exact) mass is 366 g/mol. The zero-order chi connectivity index (χ0) is 18.8. The Bertz CT molecular complexity index is 1000. The molecule has 0 saturated heterocycles. The second-order valence-corrected chi connectivity index (χ2v) is 6.01. The molecule has 2 amide bonds. The Balaban J connectivity index is 1.43. The van der Waals surface area contributed by atoms with E-state index in [0.29, 0.717) is 22.7 Å². The van der Waals surface area contributed by atoms with Gasteiger partial charge in [0.1, 0.15) is 29.9 Å². The first kappa shape index (κ1) is 16.8. The summed E-state index contributed by atoms with van der Waals surface area (Å²) in [7, 11) is 0. The molecule has 3 N–H and O–H groups in total. The summed E-state index contributed by atoms with van der Waals surface area (Å²) in [5.41, 5.74) is 1.58. The summed E-state index contributed by atoms with van der Waals surface area (Å²) in [6.45, 7) is 0.211. The first-order chi connectivity index (χ1) is 13.1. The highest BCUT2D eigenvalue weighted by molar-refractivity contribution is 6.05. The van der Waals surface area contributed by atoms with Gasteiger partial charge in [0.25, 0.3) is 11.8 Å². The molecule has 1 atom stereocenters. The van der Waals surface area contributed by atoms with Gasteiger partial charge in [-0.2, -0.15) is 5.10 Å². The molecule has 2 aromatic carbocycles. The minimum Gasteiger partial charge on any atom is -0.487 e. The lowest BCUT2D eigenvalue weighted by molar-refractivity contribution is -0.117. The molecule has 0 aliphatic carbocycles. The van der Waals surface area contributed by atoms with Gasteiger partial charge in [-0.1, -0.05) is 18.2 Å². The van der Waals surface area contributed by atoms with Crippen molar-refractivity contribution in [3.05, 3.63) is 77.4 Å². The predicted octanol–water partition coefficient (Wildman–Crippen LogP) is 2.55. The van der Waals surface area contributed by atoms with Gasteiger partial charge in [-0.15, -0.1) is 0 Å². The average molecular weight is 366 g/mol. The van der Waals surface area contributed by atoms with Gasteiger partial charge >= 0.3 is 0 Å². The van der Waals surface area contributed by atoms with Crippen molar-refractivity contribution in [2.24, 2.45) is 0 Å². The predicted molar refractivity (Wildman–Crippen MR) is 94.6 cm³/mol. The smallest absolute Gasteiger partial charge is 0.272 e. The van der Waals surface area contributed by atoms with Gasteiger partial charge in [-0.25, -0.2) is 4.39 Å². The number of halogens is 1. The number of carbonyl (C=O) groups excluding carboxylic acids is 2. The number of nitrogens with zero attached hydrogens (tertiary/aromatic N) is 1. The van der Waals surface area contributed by atoms with Gasteiger partial charge in [-0.3, -0.25) is 14.7 Å². The number of rotatable bonds is 5. The maximum atomic E-state index is 13.5. The van der Waals surface area contributed by atoms with E-state index in [4.69, 9.17) is 4.74 Å². The number of aromatic amines is 1. The minimum absolute atomic E-state index is 0.110. The van der Waals surface area contributed by atoms with E-state index in [1.54, 1.807) is 0 Å². The van der Waals surface area contributed by atoms with Crippen LogP contribution in [0.3, 0.4) is 0 Å². The van der Waals surface area contributed by atoms with Crippen LogP contribution in [-0.2, 0) is 11.4 Å². The number of fused-ring (bicyclic) bond motifs is 1. The molecule has 1 unspecified atom stereocenters. The molecule has 1 aliphatic heterocycles. The highest BCUT2D eigenvalue weighted by atomic mass is 19.1. The third-order valence-electron chi connectivity index (χ3n) is 4.12. The number of amides is 2. The van der Waals surface area contributed by atoms with Gasteiger partial charge in [0.2, 0.25) is 0 Å². The van der Waals surface area contributed by atoms with Crippen molar-refractivity contribution in [1.82, 2.24) is 15.5 Å². The van der Waals surface area contributed by atoms with E-state index >= 15 is 0 Å². The van der Waals surface area contributed by atoms with Crippen LogP contribution in [0.1, 0.15) is 27.8 Å². The van der Waals surface area contributed by atoms with Crippen molar-refractivity contribution < 1.29 is 18.7 Å². The van der Waals surface area contributed by atoms with E-state index in [2.05, 4.69) is 20.8 Å². The lowest BCUT2D eigenvalue weighted by Crippen LogP contribution is -2.33. The van der Waals surface area contributed by atoms with Crippen LogP contribution in [-0.4, -0.2) is 22.0 Å². The SMILES string of the molecule is O=C(NC1C(=O)Nc2ccc(F)cc21)c1cc(COc2ccccc2)[nH]n1. The molecule has 0 radical (unpaired) electrons. The summed E-state index contributed by atoms with van der Waals surface area (Å²) < 4.78 is 19.1. The van der Waals surface area contributed by atoms with Gasteiger partial charge in [-0.05, 0) is 36.4 Å². The number of benzene rings is 2. The maximum absolute atomic E-state index is 13.5. The van der Waals surface area contributed by atoms with Crippen molar-refractivity contribution >= 4 is 17.5 Å². The number of aromatic nitrogens is 2. The fourth-order valence-electron chi connectivity index (χ4n) is 2.81. The molecule has 0 spiro atoms. The van der Waals surface area contributed by atoms with Crippen LogP contribution in [0.4, 0.5) is 10.1 Å². The van der Waals surface area contributed by atoms with Crippen LogP contribution in [0.5, 0.6) is 5.75 Å². The molecule has 4 rings (SSSR count). The summed E-state index contributed by atoms with van der Waals surface area (Å²) in [5, 5.41) is 11.9. The molecule has 0 saturated carbocycles. The molecule has 1 aromatic heterocycles. The van der Waals surface area contributed by atoms with Gasteiger partial charge in [0.05, 0.1) is 5.69 Å². The van der Waals surface area contributed by atoms with E-state index in [9.17, 15) is 14.0 Å². The lowest BCUT2D eigenvalue weighted by atomic mass is 10.1. The Morgan fingerprint density at radius 3 is 2.81 bits per heavy atom. The van der Waals surface area contributed by atoms with Gasteiger partial charge in [0.15, 0.2) is 0 Å². The Hall–Kier alpha value is -3.68. The number of hydrogen-bond donors (Lipinski definition) is 3. The maximum Gasteiger partial charge on any atom is 0.272 e. The molecule has 0 fully saturated rings. The highest BCUT2D eigenvalue weighted by Gasteiger charge is 2.32. The summed E-state index contributed by atoms with van der Waals surface area (Å²) in [6, 6.07) is 13.7. The van der Waals surface area contributed by atoms with E-state index in [0.717, 1.165) is 0 Å². The molecule has 8 heteroatoms. The Morgan fingerprint density at radius 1 is 1.19 bits per heavy atom. The minimum atomic E-state index is -0.969. The van der Waals surface area contributed by atoms with Crippen molar-refractivity contribution in [2.45, 2.75) is 12.6 Å². The van der Waals surface area contributed by atoms with Crippen LogP contribution in [0.2, 0.25) is 0 Å². The summed E-state index contributed by atoms with van der Waals surface area (Å²) >= 11 is 0. The third-order valence-corrected chi connectivity index (χ3v) is 4.12. The molecule has 1 aliphatic rings. The zero-order valence-electron chi connectivity index (χ0n) is 14.0. The first-order valence-corrected chi connectivity index (χ1v) is 8.23. The molecule has 0 bridgehead atoms. The van der Waals surface area contributed by atoms with Gasteiger partial charge in [0, 0.05) is 11.3 Å². The van der Waals surface area contributed by atoms with Crippen molar-refractivity contribution in [2.75, 3.05) is 5.32 Å². The largest absolute Gasteiger partial charge is 0.487 e. The lowest BCUT2D eigenvalue weighted by Gasteiger charge is -2.10. The van der Waals surface area contributed by atoms with Crippen LogP contribution in [0, 0.1) is 5.82 Å². The number of anilines is 1. The number of nitrogens with one attached hydrogen (secondary N) is 3. The normalized spacial score (nSPS) is 15.1. The first-order valence-electron chi connectivity index (χ1n) is 8.23. The zero-order valence-corrected chi connectivity index (χ0v) is 14.0. The Morgan fingerprint density at radius 2 is 2.00 bits per heavy atom. The van der Waals surface area contributed by atoms with E-state index in [1.807, 2.05) is 30.3 Å². The highest BCUT2D eigenvalue weighted by Crippen LogP contribution is 2.31. The fourth-order valence-corrected chi connectivity index (χ4v) is 2.81. The third kappa shape index (κ3) is 3.50. The van der Waals surface area contributed by atoms with Gasteiger partial charge < -0.3 is 15.4 Å². The molecule has 2 heterocycles. The summed E-state index contributed by atoms with van der Waals surface area (Å²) in [5.74, 6) is -0.759. The van der Waals surface area contributed by atoms with E-state index in [-0.39, 0.29) is 12.3 Å².